The molecule has 1 aromatic heterocycles. The molecule has 0 spiro atoms. The Morgan fingerprint density at radius 3 is 2.49 bits per heavy atom. The van der Waals surface area contributed by atoms with E-state index in [9.17, 15) is 13.2 Å². The summed E-state index contributed by atoms with van der Waals surface area (Å²) in [6, 6.07) is 24.6. The van der Waals surface area contributed by atoms with Gasteiger partial charge in [0.1, 0.15) is 12.4 Å². The van der Waals surface area contributed by atoms with Gasteiger partial charge in [0.05, 0.1) is 4.90 Å². The molecule has 0 unspecified atom stereocenters. The summed E-state index contributed by atoms with van der Waals surface area (Å²) in [4.78, 5) is 17.0. The van der Waals surface area contributed by atoms with E-state index in [0.717, 1.165) is 11.1 Å². The number of hydrogen-bond acceptors (Lipinski definition) is 5. The molecule has 0 fully saturated rings. The number of hydrogen-bond donors (Lipinski definition) is 2. The first-order valence-electron chi connectivity index (χ1n) is 11.0. The Morgan fingerprint density at radius 2 is 1.71 bits per heavy atom. The summed E-state index contributed by atoms with van der Waals surface area (Å²) in [6.07, 6.45) is 3.42. The van der Waals surface area contributed by atoms with Crippen molar-refractivity contribution in [2.45, 2.75) is 25.0 Å². The molecular formula is C27H25N3O4S. The summed E-state index contributed by atoms with van der Waals surface area (Å²) < 4.78 is 34.2. The van der Waals surface area contributed by atoms with Gasteiger partial charge in [-0.15, -0.1) is 0 Å². The zero-order valence-corrected chi connectivity index (χ0v) is 20.0. The van der Waals surface area contributed by atoms with Crippen LogP contribution in [0.4, 0.5) is 5.69 Å². The van der Waals surface area contributed by atoms with Gasteiger partial charge in [-0.25, -0.2) is 13.1 Å². The van der Waals surface area contributed by atoms with Crippen LogP contribution in [0.2, 0.25) is 0 Å². The zero-order valence-electron chi connectivity index (χ0n) is 19.1. The van der Waals surface area contributed by atoms with Gasteiger partial charge < -0.3 is 10.1 Å². The molecule has 0 aliphatic rings. The monoisotopic (exact) mass is 487 g/mol. The molecule has 4 aromatic rings. The highest BCUT2D eigenvalue weighted by molar-refractivity contribution is 7.89. The van der Waals surface area contributed by atoms with Gasteiger partial charge in [-0.2, -0.15) is 0 Å². The summed E-state index contributed by atoms with van der Waals surface area (Å²) >= 11 is 0. The number of carbonyl (C=O) groups excluding carboxylic acids is 1. The lowest BCUT2D eigenvalue weighted by molar-refractivity contribution is 0.102. The lowest BCUT2D eigenvalue weighted by Crippen LogP contribution is -2.24. The van der Waals surface area contributed by atoms with E-state index < -0.39 is 15.9 Å². The predicted molar refractivity (Wildman–Crippen MR) is 135 cm³/mol. The van der Waals surface area contributed by atoms with Crippen LogP contribution in [0.3, 0.4) is 0 Å². The number of aromatic nitrogens is 1. The largest absolute Gasteiger partial charge is 0.489 e. The predicted octanol–water partition coefficient (Wildman–Crippen LogP) is 4.70. The molecule has 0 bridgehead atoms. The first-order valence-corrected chi connectivity index (χ1v) is 12.5. The molecule has 0 saturated heterocycles. The van der Waals surface area contributed by atoms with E-state index in [1.54, 1.807) is 55.7 Å². The topological polar surface area (TPSA) is 97.4 Å². The minimum atomic E-state index is -3.81. The molecule has 1 amide bonds. The van der Waals surface area contributed by atoms with Gasteiger partial charge in [0.25, 0.3) is 5.91 Å². The second-order valence-electron chi connectivity index (χ2n) is 7.92. The number of rotatable bonds is 9. The third-order valence-corrected chi connectivity index (χ3v) is 6.81. The molecule has 1 heterocycles. The van der Waals surface area contributed by atoms with Crippen molar-refractivity contribution in [1.82, 2.24) is 9.71 Å². The molecule has 35 heavy (non-hydrogen) atoms. The molecular weight excluding hydrogens is 462 g/mol. The van der Waals surface area contributed by atoms with Gasteiger partial charge in [-0.3, -0.25) is 9.78 Å². The van der Waals surface area contributed by atoms with Gasteiger partial charge in [-0.05, 0) is 48.4 Å². The molecule has 0 saturated carbocycles. The highest BCUT2D eigenvalue weighted by Gasteiger charge is 2.19. The summed E-state index contributed by atoms with van der Waals surface area (Å²) in [5.74, 6) is 0.165. The van der Waals surface area contributed by atoms with E-state index in [0.29, 0.717) is 23.6 Å². The maximum Gasteiger partial charge on any atom is 0.255 e. The number of sulfonamides is 1. The molecule has 7 nitrogen and oxygen atoms in total. The number of pyridine rings is 1. The lowest BCUT2D eigenvalue weighted by Gasteiger charge is -2.12. The van der Waals surface area contributed by atoms with Crippen molar-refractivity contribution in [2.75, 3.05) is 5.32 Å². The van der Waals surface area contributed by atoms with Crippen molar-refractivity contribution in [3.8, 4) is 5.75 Å². The van der Waals surface area contributed by atoms with E-state index in [4.69, 9.17) is 4.74 Å². The smallest absolute Gasteiger partial charge is 0.255 e. The molecule has 178 valence electrons. The van der Waals surface area contributed by atoms with E-state index in [1.165, 1.54) is 6.07 Å². The summed E-state index contributed by atoms with van der Waals surface area (Å²) in [5, 5.41) is 2.81. The Bertz CT molecular complexity index is 1410. The molecule has 0 aliphatic heterocycles. The first-order chi connectivity index (χ1) is 16.9. The Hall–Kier alpha value is -4.01. The maximum absolute atomic E-state index is 12.9. The van der Waals surface area contributed by atoms with Crippen LogP contribution in [0.1, 0.15) is 27.0 Å². The Kier molecular flexibility index (Phi) is 7.54. The fraction of sp³-hybridized carbons (Fsp3) is 0.111. The normalized spacial score (nSPS) is 11.1. The van der Waals surface area contributed by atoms with Crippen LogP contribution in [-0.2, 0) is 23.2 Å². The number of amides is 1. The highest BCUT2D eigenvalue weighted by atomic mass is 32.2. The third kappa shape index (κ3) is 6.53. The van der Waals surface area contributed by atoms with Crippen LogP contribution in [-0.4, -0.2) is 19.3 Å². The standard InChI is InChI=1S/C27H25N3O4S/c1-20-12-13-23(15-26(20)35(32,33)29-18-21-7-3-2-4-8-21)27(31)30-24-10-5-11-25(16-24)34-19-22-9-6-14-28-17-22/h2-17,29H,18-19H2,1H3,(H,30,31). The minimum Gasteiger partial charge on any atom is -0.489 e. The van der Waals surface area contributed by atoms with Crippen molar-refractivity contribution in [1.29, 1.82) is 0 Å². The quantitative estimate of drug-likeness (QED) is 0.357. The van der Waals surface area contributed by atoms with E-state index in [2.05, 4.69) is 15.0 Å². The number of nitrogens with one attached hydrogen (secondary N) is 2. The number of ether oxygens (including phenoxy) is 1. The SMILES string of the molecule is Cc1ccc(C(=O)Nc2cccc(OCc3cccnc3)c2)cc1S(=O)(=O)NCc1ccccc1. The van der Waals surface area contributed by atoms with Crippen molar-refractivity contribution >= 4 is 21.6 Å². The number of aryl methyl sites for hydroxylation is 1. The minimum absolute atomic E-state index is 0.0645. The molecule has 8 heteroatoms. The number of nitrogens with zero attached hydrogens (tertiary/aromatic N) is 1. The Balaban J connectivity index is 1.45. The molecule has 3 aromatic carbocycles. The Labute approximate surface area is 204 Å². The van der Waals surface area contributed by atoms with Gasteiger partial charge in [0, 0.05) is 41.8 Å². The van der Waals surface area contributed by atoms with Crippen molar-refractivity contribution in [3.63, 3.8) is 0 Å². The summed E-state index contributed by atoms with van der Waals surface area (Å²) in [6.45, 7) is 2.20. The number of benzene rings is 3. The maximum atomic E-state index is 12.9. The first kappa shape index (κ1) is 24.1. The lowest BCUT2D eigenvalue weighted by atomic mass is 10.1. The average Bonchev–Trinajstić information content (AvgIpc) is 2.88. The molecule has 2 N–H and O–H groups in total. The van der Waals surface area contributed by atoms with Gasteiger partial charge in [-0.1, -0.05) is 48.5 Å². The average molecular weight is 488 g/mol. The Morgan fingerprint density at radius 1 is 0.914 bits per heavy atom. The third-order valence-electron chi connectivity index (χ3n) is 5.27. The van der Waals surface area contributed by atoms with Crippen LogP contribution in [0.25, 0.3) is 0 Å². The van der Waals surface area contributed by atoms with Gasteiger partial charge in [0.2, 0.25) is 10.0 Å². The van der Waals surface area contributed by atoms with Crippen LogP contribution >= 0.6 is 0 Å². The molecule has 4 rings (SSSR count). The van der Waals surface area contributed by atoms with E-state index in [1.807, 2.05) is 42.5 Å². The van der Waals surface area contributed by atoms with Crippen molar-refractivity contribution < 1.29 is 17.9 Å². The van der Waals surface area contributed by atoms with Crippen molar-refractivity contribution in [2.24, 2.45) is 0 Å². The van der Waals surface area contributed by atoms with Crippen molar-refractivity contribution in [3.05, 3.63) is 120 Å². The molecule has 0 atom stereocenters. The van der Waals surface area contributed by atoms with Crippen LogP contribution < -0.4 is 14.8 Å². The van der Waals surface area contributed by atoms with Gasteiger partial charge >= 0.3 is 0 Å². The zero-order chi connectivity index (χ0) is 24.7. The number of carbonyl (C=O) groups is 1. The van der Waals surface area contributed by atoms with E-state index in [-0.39, 0.29) is 17.0 Å². The highest BCUT2D eigenvalue weighted by Crippen LogP contribution is 2.21. The summed E-state index contributed by atoms with van der Waals surface area (Å²) in [7, 11) is -3.81. The fourth-order valence-corrected chi connectivity index (χ4v) is 4.69. The van der Waals surface area contributed by atoms with Crippen LogP contribution in [0.15, 0.2) is 102 Å². The van der Waals surface area contributed by atoms with Crippen LogP contribution in [0.5, 0.6) is 5.75 Å². The second-order valence-corrected chi connectivity index (χ2v) is 9.66. The van der Waals surface area contributed by atoms with Crippen LogP contribution in [0, 0.1) is 6.92 Å². The summed E-state index contributed by atoms with van der Waals surface area (Å²) in [5.41, 5.74) is 3.08. The molecule has 0 radical (unpaired) electrons. The second kappa shape index (κ2) is 10.9. The van der Waals surface area contributed by atoms with Gasteiger partial charge in [0.15, 0.2) is 0 Å². The number of anilines is 1. The molecule has 0 aliphatic carbocycles. The van der Waals surface area contributed by atoms with E-state index >= 15 is 0 Å². The fourth-order valence-electron chi connectivity index (χ4n) is 3.40.